The van der Waals surface area contributed by atoms with Crippen molar-refractivity contribution >= 4 is 15.9 Å². The molecule has 0 aliphatic carbocycles. The van der Waals surface area contributed by atoms with Gasteiger partial charge in [-0.05, 0) is 48.4 Å². The lowest BCUT2D eigenvalue weighted by Gasteiger charge is -2.10. The number of halogens is 6. The van der Waals surface area contributed by atoms with Gasteiger partial charge >= 0.3 is 12.5 Å². The first-order valence-corrected chi connectivity index (χ1v) is 10.5. The van der Waals surface area contributed by atoms with Crippen LogP contribution in [0.5, 0.6) is 5.75 Å². The lowest BCUT2D eigenvalue weighted by Crippen LogP contribution is -2.31. The van der Waals surface area contributed by atoms with Gasteiger partial charge in [-0.1, -0.05) is 12.1 Å². The summed E-state index contributed by atoms with van der Waals surface area (Å²) in [5.74, 6) is -1.07. The topological polar surface area (TPSA) is 84.5 Å². The van der Waals surface area contributed by atoms with E-state index in [2.05, 4.69) is 14.8 Å². The van der Waals surface area contributed by atoms with Crippen molar-refractivity contribution in [1.82, 2.24) is 10.0 Å². The molecule has 0 saturated heterocycles. The number of hydrogen-bond donors (Lipinski definition) is 2. The van der Waals surface area contributed by atoms with E-state index < -0.39 is 39.8 Å². The summed E-state index contributed by atoms with van der Waals surface area (Å²) < 4.78 is 104. The molecule has 0 aliphatic rings. The van der Waals surface area contributed by atoms with Crippen molar-refractivity contribution in [1.29, 1.82) is 0 Å². The normalized spacial score (nSPS) is 12.4. The SMILES string of the molecule is O=C(CCNS(=O)(=O)c1ccc(OC(F)(F)F)cc1)NCCc1ccc(C(F)(F)F)cc1. The van der Waals surface area contributed by atoms with E-state index in [9.17, 15) is 39.6 Å². The predicted molar refractivity (Wildman–Crippen MR) is 101 cm³/mol. The highest BCUT2D eigenvalue weighted by Crippen LogP contribution is 2.29. The highest BCUT2D eigenvalue weighted by Gasteiger charge is 2.31. The number of rotatable bonds is 9. The number of nitrogens with one attached hydrogen (secondary N) is 2. The Kier molecular flexibility index (Phi) is 8.13. The zero-order valence-electron chi connectivity index (χ0n) is 16.3. The highest BCUT2D eigenvalue weighted by molar-refractivity contribution is 7.89. The first-order valence-electron chi connectivity index (χ1n) is 9.04. The van der Waals surface area contributed by atoms with Gasteiger partial charge in [-0.25, -0.2) is 13.1 Å². The molecule has 32 heavy (non-hydrogen) atoms. The van der Waals surface area contributed by atoms with Crippen molar-refractivity contribution in [3.63, 3.8) is 0 Å². The maximum atomic E-state index is 12.5. The summed E-state index contributed by atoms with van der Waals surface area (Å²) in [5.41, 5.74) is -0.197. The zero-order chi connectivity index (χ0) is 24.0. The largest absolute Gasteiger partial charge is 0.573 e. The van der Waals surface area contributed by atoms with E-state index in [1.54, 1.807) is 0 Å². The third kappa shape index (κ3) is 8.38. The van der Waals surface area contributed by atoms with Gasteiger partial charge in [0.25, 0.3) is 0 Å². The molecule has 0 fully saturated rings. The van der Waals surface area contributed by atoms with Crippen LogP contribution in [-0.4, -0.2) is 33.8 Å². The van der Waals surface area contributed by atoms with E-state index in [1.165, 1.54) is 12.1 Å². The van der Waals surface area contributed by atoms with E-state index in [1.807, 2.05) is 0 Å². The maximum absolute atomic E-state index is 12.5. The van der Waals surface area contributed by atoms with Gasteiger partial charge in [0.1, 0.15) is 5.75 Å². The lowest BCUT2D eigenvalue weighted by atomic mass is 10.1. The van der Waals surface area contributed by atoms with E-state index in [0.717, 1.165) is 36.4 Å². The summed E-state index contributed by atoms with van der Waals surface area (Å²) in [6, 6.07) is 8.01. The average Bonchev–Trinajstić information content (AvgIpc) is 2.67. The molecule has 0 atom stereocenters. The monoisotopic (exact) mass is 484 g/mol. The minimum Gasteiger partial charge on any atom is -0.406 e. The summed E-state index contributed by atoms with van der Waals surface area (Å²) in [6.07, 6.45) is -9.28. The van der Waals surface area contributed by atoms with Crippen LogP contribution in [0.1, 0.15) is 17.5 Å². The van der Waals surface area contributed by atoms with Crippen LogP contribution in [0.2, 0.25) is 0 Å². The van der Waals surface area contributed by atoms with E-state index in [4.69, 9.17) is 0 Å². The molecule has 0 aromatic heterocycles. The molecule has 2 N–H and O–H groups in total. The molecule has 0 bridgehead atoms. The van der Waals surface area contributed by atoms with Crippen LogP contribution in [0.25, 0.3) is 0 Å². The smallest absolute Gasteiger partial charge is 0.406 e. The molecule has 13 heteroatoms. The molecule has 0 aliphatic heterocycles. The molecule has 0 unspecified atom stereocenters. The van der Waals surface area contributed by atoms with E-state index in [-0.39, 0.29) is 30.8 Å². The van der Waals surface area contributed by atoms with Gasteiger partial charge in [-0.2, -0.15) is 13.2 Å². The molecule has 2 rings (SSSR count). The second-order valence-corrected chi connectivity index (χ2v) is 8.23. The number of hydrogen-bond acceptors (Lipinski definition) is 4. The molecule has 2 aromatic rings. The van der Waals surface area contributed by atoms with Crippen molar-refractivity contribution in [3.8, 4) is 5.75 Å². The number of benzene rings is 2. The fourth-order valence-corrected chi connectivity index (χ4v) is 3.53. The lowest BCUT2D eigenvalue weighted by molar-refractivity contribution is -0.274. The number of ether oxygens (including phenoxy) is 1. The Balaban J connectivity index is 1.75. The number of sulfonamides is 1. The van der Waals surface area contributed by atoms with Crippen LogP contribution in [0.4, 0.5) is 26.3 Å². The predicted octanol–water partition coefficient (Wildman–Crippen LogP) is 3.63. The highest BCUT2D eigenvalue weighted by atomic mass is 32.2. The van der Waals surface area contributed by atoms with Crippen LogP contribution in [0, 0.1) is 0 Å². The third-order valence-corrected chi connectivity index (χ3v) is 5.51. The Morgan fingerprint density at radius 3 is 2.00 bits per heavy atom. The minimum absolute atomic E-state index is 0.137. The van der Waals surface area contributed by atoms with Gasteiger partial charge in [0.05, 0.1) is 10.5 Å². The third-order valence-electron chi connectivity index (χ3n) is 4.03. The van der Waals surface area contributed by atoms with Crippen LogP contribution >= 0.6 is 0 Å². The first-order chi connectivity index (χ1) is 14.8. The van der Waals surface area contributed by atoms with Gasteiger partial charge in [0.15, 0.2) is 0 Å². The van der Waals surface area contributed by atoms with Crippen LogP contribution in [0.3, 0.4) is 0 Å². The first kappa shape index (κ1) is 25.5. The Labute approximate surface area is 179 Å². The van der Waals surface area contributed by atoms with Crippen molar-refractivity contribution in [3.05, 3.63) is 59.7 Å². The molecule has 6 nitrogen and oxygen atoms in total. The van der Waals surface area contributed by atoms with Crippen molar-refractivity contribution in [2.75, 3.05) is 13.1 Å². The second kappa shape index (κ2) is 10.2. The molecule has 0 radical (unpaired) electrons. The summed E-state index contributed by atoms with van der Waals surface area (Å²) in [4.78, 5) is 11.5. The molecule has 0 heterocycles. The summed E-state index contributed by atoms with van der Waals surface area (Å²) >= 11 is 0. The van der Waals surface area contributed by atoms with E-state index in [0.29, 0.717) is 5.56 Å². The summed E-state index contributed by atoms with van der Waals surface area (Å²) in [5, 5.41) is 2.51. The van der Waals surface area contributed by atoms with Crippen molar-refractivity contribution in [2.45, 2.75) is 30.3 Å². The molecule has 176 valence electrons. The number of carbonyl (C=O) groups excluding carboxylic acids is 1. The van der Waals surface area contributed by atoms with Crippen molar-refractivity contribution in [2.24, 2.45) is 0 Å². The minimum atomic E-state index is -4.90. The fraction of sp³-hybridized carbons (Fsp3) is 0.316. The molecular weight excluding hydrogens is 466 g/mol. The fourth-order valence-electron chi connectivity index (χ4n) is 2.50. The zero-order valence-corrected chi connectivity index (χ0v) is 17.1. The Hall–Kier alpha value is -2.80. The number of carbonyl (C=O) groups is 1. The van der Waals surface area contributed by atoms with Gasteiger partial charge in [-0.3, -0.25) is 4.79 Å². The van der Waals surface area contributed by atoms with Gasteiger partial charge in [0.2, 0.25) is 15.9 Å². The quantitative estimate of drug-likeness (QED) is 0.533. The average molecular weight is 484 g/mol. The molecule has 2 aromatic carbocycles. The molecule has 0 spiro atoms. The summed E-state index contributed by atoms with van der Waals surface area (Å²) in [7, 11) is -4.05. The second-order valence-electron chi connectivity index (χ2n) is 6.46. The Bertz CT molecular complexity index is 1000. The van der Waals surface area contributed by atoms with Gasteiger partial charge in [-0.15, -0.1) is 13.2 Å². The van der Waals surface area contributed by atoms with Crippen LogP contribution in [-0.2, 0) is 27.4 Å². The molecular formula is C19H18F6N2O4S. The standard InChI is InChI=1S/C19H18F6N2O4S/c20-18(21,22)14-3-1-13(2-4-14)9-11-26-17(28)10-12-27-32(29,30)16-7-5-15(6-8-16)31-19(23,24)25/h1-8,27H,9-12H2,(H,26,28). The van der Waals surface area contributed by atoms with Gasteiger partial charge in [0, 0.05) is 19.5 Å². The van der Waals surface area contributed by atoms with Crippen molar-refractivity contribution < 1.29 is 44.3 Å². The number of amides is 1. The Morgan fingerprint density at radius 1 is 0.875 bits per heavy atom. The Morgan fingerprint density at radius 2 is 1.47 bits per heavy atom. The molecule has 0 saturated carbocycles. The maximum Gasteiger partial charge on any atom is 0.573 e. The number of alkyl halides is 6. The van der Waals surface area contributed by atoms with E-state index >= 15 is 0 Å². The van der Waals surface area contributed by atoms with Crippen LogP contribution in [0.15, 0.2) is 53.4 Å². The molecule has 1 amide bonds. The van der Waals surface area contributed by atoms with Crippen LogP contribution < -0.4 is 14.8 Å². The summed E-state index contributed by atoms with van der Waals surface area (Å²) in [6.45, 7) is -0.132. The van der Waals surface area contributed by atoms with Gasteiger partial charge < -0.3 is 10.1 Å².